The Labute approximate surface area is 113 Å². The van der Waals surface area contributed by atoms with E-state index in [0.29, 0.717) is 6.54 Å². The van der Waals surface area contributed by atoms with Crippen molar-refractivity contribution in [2.24, 2.45) is 0 Å². The maximum atomic E-state index is 11.5. The third-order valence-corrected chi connectivity index (χ3v) is 3.85. The zero-order valence-corrected chi connectivity index (χ0v) is 11.3. The average Bonchev–Trinajstić information content (AvgIpc) is 3.05. The van der Waals surface area contributed by atoms with Gasteiger partial charge in [0.05, 0.1) is 6.10 Å². The van der Waals surface area contributed by atoms with Gasteiger partial charge in [0.1, 0.15) is 0 Å². The van der Waals surface area contributed by atoms with Crippen LogP contribution in [0.2, 0.25) is 0 Å². The van der Waals surface area contributed by atoms with Crippen LogP contribution in [0, 0.1) is 0 Å². The summed E-state index contributed by atoms with van der Waals surface area (Å²) in [6.45, 7) is 0.718. The molecule has 0 bridgehead atoms. The summed E-state index contributed by atoms with van der Waals surface area (Å²) in [5.41, 5.74) is 1.91. The average molecular weight is 282 g/mol. The number of aliphatic hydroxyl groups is 1. The second-order valence-electron chi connectivity index (χ2n) is 3.77. The molecule has 0 saturated heterocycles. The quantitative estimate of drug-likeness (QED) is 0.788. The molecule has 2 aromatic heterocycles. The van der Waals surface area contributed by atoms with E-state index in [9.17, 15) is 9.90 Å². The minimum Gasteiger partial charge on any atom is -0.387 e. The van der Waals surface area contributed by atoms with E-state index in [2.05, 4.69) is 10.6 Å². The number of carbonyl (C=O) groups is 1. The van der Waals surface area contributed by atoms with E-state index >= 15 is 0 Å². The third-order valence-electron chi connectivity index (χ3n) is 2.42. The van der Waals surface area contributed by atoms with Gasteiger partial charge in [0.25, 0.3) is 0 Å². The van der Waals surface area contributed by atoms with Crippen molar-refractivity contribution in [1.29, 1.82) is 0 Å². The van der Waals surface area contributed by atoms with E-state index in [1.165, 1.54) is 11.3 Å². The monoisotopic (exact) mass is 282 g/mol. The maximum absolute atomic E-state index is 11.5. The molecule has 0 aliphatic carbocycles. The van der Waals surface area contributed by atoms with Crippen molar-refractivity contribution in [3.8, 4) is 0 Å². The number of amides is 2. The molecule has 2 amide bonds. The summed E-state index contributed by atoms with van der Waals surface area (Å²) in [6, 6.07) is 3.54. The van der Waals surface area contributed by atoms with Gasteiger partial charge in [-0.15, -0.1) is 0 Å². The molecule has 3 N–H and O–H groups in total. The summed E-state index contributed by atoms with van der Waals surface area (Å²) in [7, 11) is 0. The van der Waals surface area contributed by atoms with Gasteiger partial charge in [-0.2, -0.15) is 22.7 Å². The van der Waals surface area contributed by atoms with Crippen molar-refractivity contribution in [3.05, 3.63) is 44.8 Å². The minimum absolute atomic E-state index is 0.214. The Morgan fingerprint density at radius 3 is 2.67 bits per heavy atom. The van der Waals surface area contributed by atoms with E-state index in [1.807, 2.05) is 33.7 Å². The second kappa shape index (κ2) is 6.53. The van der Waals surface area contributed by atoms with Crippen molar-refractivity contribution in [3.63, 3.8) is 0 Å². The molecule has 1 atom stereocenters. The molecule has 0 aromatic carbocycles. The Hall–Kier alpha value is -1.37. The Balaban J connectivity index is 1.68. The standard InChI is InChI=1S/C12H14N2O2S2/c15-11(10-2-4-18-8-10)6-14-12(16)13-5-9-1-3-17-7-9/h1-4,7-8,11,15H,5-6H2,(H2,13,14,16)/t11-/m1/s1. The molecular weight excluding hydrogens is 268 g/mol. The summed E-state index contributed by atoms with van der Waals surface area (Å²) in [4.78, 5) is 11.5. The zero-order chi connectivity index (χ0) is 12.8. The fraction of sp³-hybridized carbons (Fsp3) is 0.250. The van der Waals surface area contributed by atoms with Gasteiger partial charge in [-0.05, 0) is 44.8 Å². The van der Waals surface area contributed by atoms with Crippen LogP contribution in [0.1, 0.15) is 17.2 Å². The molecule has 2 aromatic rings. The van der Waals surface area contributed by atoms with Crippen LogP contribution >= 0.6 is 22.7 Å². The first-order valence-corrected chi connectivity index (χ1v) is 7.37. The van der Waals surface area contributed by atoms with E-state index in [1.54, 1.807) is 11.3 Å². The highest BCUT2D eigenvalue weighted by Gasteiger charge is 2.09. The minimum atomic E-state index is -0.650. The molecule has 0 radical (unpaired) electrons. The van der Waals surface area contributed by atoms with Crippen LogP contribution in [0.25, 0.3) is 0 Å². The predicted molar refractivity (Wildman–Crippen MR) is 73.8 cm³/mol. The Morgan fingerprint density at radius 2 is 2.00 bits per heavy atom. The number of rotatable bonds is 5. The van der Waals surface area contributed by atoms with E-state index < -0.39 is 6.10 Å². The normalized spacial score (nSPS) is 12.1. The molecule has 2 heterocycles. The van der Waals surface area contributed by atoms with Gasteiger partial charge in [0, 0.05) is 13.1 Å². The number of aliphatic hydroxyl groups excluding tert-OH is 1. The fourth-order valence-electron chi connectivity index (χ4n) is 1.41. The highest BCUT2D eigenvalue weighted by molar-refractivity contribution is 7.08. The van der Waals surface area contributed by atoms with Crippen LogP contribution in [-0.4, -0.2) is 17.7 Å². The molecule has 0 aliphatic rings. The first-order chi connectivity index (χ1) is 8.75. The first kappa shape index (κ1) is 13.1. The van der Waals surface area contributed by atoms with Crippen molar-refractivity contribution in [1.82, 2.24) is 10.6 Å². The topological polar surface area (TPSA) is 61.4 Å². The highest BCUT2D eigenvalue weighted by atomic mass is 32.1. The van der Waals surface area contributed by atoms with E-state index in [-0.39, 0.29) is 12.6 Å². The molecule has 0 spiro atoms. The van der Waals surface area contributed by atoms with Gasteiger partial charge >= 0.3 is 6.03 Å². The number of thiophene rings is 2. The van der Waals surface area contributed by atoms with Crippen molar-refractivity contribution >= 4 is 28.7 Å². The number of carbonyl (C=O) groups excluding carboxylic acids is 1. The molecule has 18 heavy (non-hydrogen) atoms. The molecule has 0 fully saturated rings. The van der Waals surface area contributed by atoms with Gasteiger partial charge in [-0.3, -0.25) is 0 Å². The number of hydrogen-bond donors (Lipinski definition) is 3. The second-order valence-corrected chi connectivity index (χ2v) is 5.33. The molecule has 0 saturated carbocycles. The Kier molecular flexibility index (Phi) is 4.74. The Morgan fingerprint density at radius 1 is 1.22 bits per heavy atom. The predicted octanol–water partition coefficient (Wildman–Crippen LogP) is 2.34. The molecule has 2 rings (SSSR count). The lowest BCUT2D eigenvalue weighted by atomic mass is 10.2. The maximum Gasteiger partial charge on any atom is 0.315 e. The van der Waals surface area contributed by atoms with Crippen LogP contribution in [0.15, 0.2) is 33.7 Å². The summed E-state index contributed by atoms with van der Waals surface area (Å²) in [6.07, 6.45) is -0.650. The first-order valence-electron chi connectivity index (χ1n) is 5.48. The van der Waals surface area contributed by atoms with Gasteiger partial charge in [0.15, 0.2) is 0 Å². The highest BCUT2D eigenvalue weighted by Crippen LogP contribution is 2.14. The van der Waals surface area contributed by atoms with Crippen LogP contribution in [0.3, 0.4) is 0 Å². The summed E-state index contributed by atoms with van der Waals surface area (Å²) >= 11 is 3.12. The molecule has 96 valence electrons. The van der Waals surface area contributed by atoms with E-state index in [4.69, 9.17) is 0 Å². The smallest absolute Gasteiger partial charge is 0.315 e. The van der Waals surface area contributed by atoms with Crippen molar-refractivity contribution < 1.29 is 9.90 Å². The largest absolute Gasteiger partial charge is 0.387 e. The lowest BCUT2D eigenvalue weighted by Crippen LogP contribution is -2.37. The Bertz CT molecular complexity index is 468. The number of urea groups is 1. The molecular formula is C12H14N2O2S2. The van der Waals surface area contributed by atoms with Crippen molar-refractivity contribution in [2.45, 2.75) is 12.6 Å². The van der Waals surface area contributed by atoms with Crippen LogP contribution in [0.4, 0.5) is 4.79 Å². The molecule has 6 heteroatoms. The van der Waals surface area contributed by atoms with Gasteiger partial charge in [0.2, 0.25) is 0 Å². The summed E-state index contributed by atoms with van der Waals surface area (Å²) in [5.74, 6) is 0. The summed E-state index contributed by atoms with van der Waals surface area (Å²) in [5, 5.41) is 22.9. The molecule has 0 unspecified atom stereocenters. The van der Waals surface area contributed by atoms with Crippen molar-refractivity contribution in [2.75, 3.05) is 6.54 Å². The third kappa shape index (κ3) is 3.83. The van der Waals surface area contributed by atoms with Crippen LogP contribution in [0.5, 0.6) is 0 Å². The van der Waals surface area contributed by atoms with Gasteiger partial charge in [-0.1, -0.05) is 0 Å². The van der Waals surface area contributed by atoms with Crippen LogP contribution in [-0.2, 0) is 6.54 Å². The number of nitrogens with one attached hydrogen (secondary N) is 2. The molecule has 4 nitrogen and oxygen atoms in total. The van der Waals surface area contributed by atoms with Gasteiger partial charge < -0.3 is 15.7 Å². The zero-order valence-electron chi connectivity index (χ0n) is 9.63. The summed E-state index contributed by atoms with van der Waals surface area (Å²) < 4.78 is 0. The SMILES string of the molecule is O=C(NCc1ccsc1)NC[C@@H](O)c1ccsc1. The lowest BCUT2D eigenvalue weighted by molar-refractivity contribution is 0.173. The number of hydrogen-bond acceptors (Lipinski definition) is 4. The fourth-order valence-corrected chi connectivity index (χ4v) is 2.79. The van der Waals surface area contributed by atoms with Gasteiger partial charge in [-0.25, -0.2) is 4.79 Å². The molecule has 0 aliphatic heterocycles. The van der Waals surface area contributed by atoms with E-state index in [0.717, 1.165) is 11.1 Å². The van der Waals surface area contributed by atoms with Crippen LogP contribution < -0.4 is 10.6 Å². The lowest BCUT2D eigenvalue weighted by Gasteiger charge is -2.11.